The fourth-order valence-corrected chi connectivity index (χ4v) is 0.321. The second-order valence-corrected chi connectivity index (χ2v) is 2.46. The Balaban J connectivity index is -0.0000000256. The van der Waals surface area contributed by atoms with Crippen LogP contribution in [0.1, 0.15) is 20.8 Å². The molecule has 77 valence electrons. The molecule has 0 aliphatic carbocycles. The molecule has 1 aromatic carbocycles. The Hall–Kier alpha value is 1.50. The van der Waals surface area contributed by atoms with Gasteiger partial charge < -0.3 is 56.9 Å². The van der Waals surface area contributed by atoms with Crippen molar-refractivity contribution >= 4 is 0 Å². The number of hydrogen-bond acceptors (Lipinski definition) is 0. The standard InChI is InChI=1S/C5H5.C4H9.3BrH.Ti/c1-2-4-5-3-1;1-4(2)3;;;;/h1-5H;1-3H3;3*1H;/q2*-1;;;;+3/p-3. The average molecular weight is 410 g/mol. The third kappa shape index (κ3) is 42.2. The van der Waals surface area contributed by atoms with E-state index < -0.39 is 0 Å². The van der Waals surface area contributed by atoms with Gasteiger partial charge in [-0.1, -0.05) is 0 Å². The van der Waals surface area contributed by atoms with Gasteiger partial charge in [-0.15, -0.1) is 0 Å². The van der Waals surface area contributed by atoms with E-state index in [4.69, 9.17) is 0 Å². The van der Waals surface area contributed by atoms with Crippen molar-refractivity contribution in [2.24, 2.45) is 0 Å². The van der Waals surface area contributed by atoms with E-state index in [9.17, 15) is 0 Å². The molecule has 1 aromatic rings. The number of halogens is 3. The molecule has 0 spiro atoms. The molecule has 0 aromatic heterocycles. The first-order chi connectivity index (χ1) is 4.23. The topological polar surface area (TPSA) is 0 Å². The van der Waals surface area contributed by atoms with Gasteiger partial charge >= 0.3 is 21.7 Å². The number of rotatable bonds is 0. The summed E-state index contributed by atoms with van der Waals surface area (Å²) in [5.41, 5.74) is 0. The van der Waals surface area contributed by atoms with Crippen LogP contribution in [0.4, 0.5) is 0 Å². The van der Waals surface area contributed by atoms with Crippen LogP contribution < -0.4 is 50.9 Å². The van der Waals surface area contributed by atoms with Gasteiger partial charge in [0.2, 0.25) is 0 Å². The first-order valence-electron chi connectivity index (χ1n) is 3.17. The van der Waals surface area contributed by atoms with Gasteiger partial charge in [0.15, 0.2) is 0 Å². The summed E-state index contributed by atoms with van der Waals surface area (Å²) in [6.07, 6.45) is 0. The fraction of sp³-hybridized carbons (Fsp3) is 0.333. The predicted octanol–water partition coefficient (Wildman–Crippen LogP) is -5.96. The summed E-state index contributed by atoms with van der Waals surface area (Å²) < 4.78 is 0. The number of hydrogen-bond donors (Lipinski definition) is 0. The van der Waals surface area contributed by atoms with Crippen LogP contribution in [0.2, 0.25) is 0 Å². The Bertz CT molecular complexity index is 98.4. The summed E-state index contributed by atoms with van der Waals surface area (Å²) in [6.45, 7) is 6.25. The van der Waals surface area contributed by atoms with E-state index in [1.54, 1.807) is 0 Å². The van der Waals surface area contributed by atoms with E-state index in [0.29, 0.717) is 0 Å². The molecule has 1 radical (unpaired) electrons. The second-order valence-electron chi connectivity index (χ2n) is 2.46. The van der Waals surface area contributed by atoms with Crippen LogP contribution in [-0.2, 0) is 21.7 Å². The third-order valence-electron chi connectivity index (χ3n) is 0.556. The smallest absolute Gasteiger partial charge is 1.00 e. The van der Waals surface area contributed by atoms with Gasteiger partial charge in [-0.25, -0.2) is 12.1 Å². The molecule has 0 aliphatic heterocycles. The zero-order chi connectivity index (χ0) is 7.11. The summed E-state index contributed by atoms with van der Waals surface area (Å²) in [4.78, 5) is 0. The van der Waals surface area contributed by atoms with Crippen LogP contribution >= 0.6 is 0 Å². The van der Waals surface area contributed by atoms with Crippen LogP contribution in [0.15, 0.2) is 30.3 Å². The van der Waals surface area contributed by atoms with Crippen molar-refractivity contribution < 1.29 is 72.7 Å². The van der Waals surface area contributed by atoms with Crippen LogP contribution in [0.25, 0.3) is 0 Å². The van der Waals surface area contributed by atoms with E-state index in [1.165, 1.54) is 5.92 Å². The van der Waals surface area contributed by atoms with Crippen LogP contribution in [0.5, 0.6) is 0 Å². The van der Waals surface area contributed by atoms with Gasteiger partial charge in [-0.3, -0.25) is 0 Å². The molecule has 0 atom stereocenters. The zero-order valence-corrected chi connectivity index (χ0v) is 14.3. The Kier molecular flexibility index (Phi) is 52.7. The summed E-state index contributed by atoms with van der Waals surface area (Å²) in [7, 11) is 0. The maximum atomic E-state index is 2.08. The maximum Gasteiger partial charge on any atom is 3.00 e. The Morgan fingerprint density at radius 1 is 0.846 bits per heavy atom. The molecule has 0 saturated carbocycles. The SMILES string of the molecule is C[C-](C)C.[Br-].[Br-].[Br-].[Ti+3].c1cc[cH-]c1. The minimum absolute atomic E-state index is 0. The average Bonchev–Trinajstić information content (AvgIpc) is 2.11. The summed E-state index contributed by atoms with van der Waals surface area (Å²) in [5.74, 6) is 1.42. The quantitative estimate of drug-likeness (QED) is 0.296. The molecule has 0 aliphatic rings. The Labute approximate surface area is 128 Å². The van der Waals surface area contributed by atoms with Crippen LogP contribution in [-0.4, -0.2) is 0 Å². The van der Waals surface area contributed by atoms with Crippen molar-refractivity contribution in [2.75, 3.05) is 0 Å². The molecule has 0 nitrogen and oxygen atoms in total. The fourth-order valence-electron chi connectivity index (χ4n) is 0.321. The van der Waals surface area contributed by atoms with Crippen molar-refractivity contribution in [1.82, 2.24) is 0 Å². The van der Waals surface area contributed by atoms with E-state index in [-0.39, 0.29) is 72.7 Å². The van der Waals surface area contributed by atoms with Crippen molar-refractivity contribution in [3.05, 3.63) is 36.2 Å². The minimum atomic E-state index is 0. The first kappa shape index (κ1) is 29.3. The van der Waals surface area contributed by atoms with Crippen LogP contribution in [0, 0.1) is 5.92 Å². The van der Waals surface area contributed by atoms with E-state index in [2.05, 4.69) is 20.8 Å². The first-order valence-corrected chi connectivity index (χ1v) is 3.17. The largest absolute Gasteiger partial charge is 3.00 e. The van der Waals surface area contributed by atoms with Gasteiger partial charge in [0.1, 0.15) is 0 Å². The van der Waals surface area contributed by atoms with Gasteiger partial charge in [0.25, 0.3) is 0 Å². The molecular formula is C9H14Br3Ti-2. The summed E-state index contributed by atoms with van der Waals surface area (Å²) in [6, 6.07) is 10.0. The van der Waals surface area contributed by atoms with Gasteiger partial charge in [-0.05, 0) is 0 Å². The van der Waals surface area contributed by atoms with Gasteiger partial charge in [0.05, 0.1) is 0 Å². The zero-order valence-electron chi connectivity index (χ0n) is 8.02. The monoisotopic (exact) mass is 407 g/mol. The van der Waals surface area contributed by atoms with E-state index >= 15 is 0 Å². The third-order valence-corrected chi connectivity index (χ3v) is 0.556. The van der Waals surface area contributed by atoms with Gasteiger partial charge in [0, 0.05) is 0 Å². The van der Waals surface area contributed by atoms with E-state index in [1.807, 2.05) is 30.3 Å². The molecule has 0 bridgehead atoms. The van der Waals surface area contributed by atoms with Crippen molar-refractivity contribution in [2.45, 2.75) is 20.8 Å². The molecule has 0 heterocycles. The Morgan fingerprint density at radius 3 is 1.15 bits per heavy atom. The molecule has 1 rings (SSSR count). The molecule has 0 fully saturated rings. The molecule has 13 heavy (non-hydrogen) atoms. The van der Waals surface area contributed by atoms with E-state index in [0.717, 1.165) is 0 Å². The second kappa shape index (κ2) is 23.4. The van der Waals surface area contributed by atoms with Gasteiger partial charge in [-0.2, -0.15) is 39.0 Å². The molecule has 0 N–H and O–H groups in total. The summed E-state index contributed by atoms with van der Waals surface area (Å²) >= 11 is 0. The summed E-state index contributed by atoms with van der Waals surface area (Å²) in [5, 5.41) is 0. The van der Waals surface area contributed by atoms with Crippen molar-refractivity contribution in [3.8, 4) is 0 Å². The van der Waals surface area contributed by atoms with Crippen molar-refractivity contribution in [1.29, 1.82) is 0 Å². The molecule has 0 unspecified atom stereocenters. The molecular weight excluding hydrogens is 396 g/mol. The molecule has 4 heteroatoms. The van der Waals surface area contributed by atoms with Crippen molar-refractivity contribution in [3.63, 3.8) is 0 Å². The maximum absolute atomic E-state index is 2.08. The molecule has 0 saturated heterocycles. The Morgan fingerprint density at radius 2 is 1.08 bits per heavy atom. The predicted molar refractivity (Wildman–Crippen MR) is 42.3 cm³/mol. The van der Waals surface area contributed by atoms with Crippen LogP contribution in [0.3, 0.4) is 0 Å². The molecule has 0 amide bonds. The normalized spacial score (nSPS) is 5.85. The minimum Gasteiger partial charge on any atom is -1.00 e.